The summed E-state index contributed by atoms with van der Waals surface area (Å²) in [5.41, 5.74) is 2.48. The highest BCUT2D eigenvalue weighted by Gasteiger charge is 2.47. The Labute approximate surface area is 195 Å². The molecule has 2 aliphatic rings. The number of amides is 1. The van der Waals surface area contributed by atoms with Crippen molar-refractivity contribution in [1.29, 1.82) is 0 Å². The lowest BCUT2D eigenvalue weighted by Gasteiger charge is -2.36. The topological polar surface area (TPSA) is 104 Å². The molecule has 1 aliphatic heterocycles. The first-order valence-corrected chi connectivity index (χ1v) is 11.0. The summed E-state index contributed by atoms with van der Waals surface area (Å²) in [6.07, 6.45) is 4.29. The number of aryl methyl sites for hydroxylation is 1. The van der Waals surface area contributed by atoms with Gasteiger partial charge in [-0.2, -0.15) is 0 Å². The van der Waals surface area contributed by atoms with Crippen LogP contribution < -0.4 is 10.2 Å². The molecule has 2 N–H and O–H groups in total. The number of carbonyl (C=O) groups excluding carboxylic acids is 1. The van der Waals surface area contributed by atoms with Gasteiger partial charge in [-0.3, -0.25) is 20.0 Å². The van der Waals surface area contributed by atoms with Crippen LogP contribution in [0.15, 0.2) is 43.0 Å². The van der Waals surface area contributed by atoms with Crippen LogP contribution >= 0.6 is 0 Å². The third kappa shape index (κ3) is 3.82. The molecule has 1 unspecified atom stereocenters. The van der Waals surface area contributed by atoms with E-state index in [2.05, 4.69) is 25.3 Å². The quantitative estimate of drug-likeness (QED) is 0.554. The standard InChI is InChI=1S/C24H24F2N6O2/c1-13-28-9-15(10-29-13)14-4-5-17-19(6-14)32(22(34)23(17,2)3)20-12-27-11-18(31-20)21(33)30-16-7-24(25,26)8-16/h4-6,9-12,16,21,30,33H,7-8H2,1-3H3. The molecular weight excluding hydrogens is 442 g/mol. The van der Waals surface area contributed by atoms with Crippen molar-refractivity contribution < 1.29 is 18.7 Å². The molecular formula is C24H24F2N6O2. The van der Waals surface area contributed by atoms with Gasteiger partial charge in [-0.05, 0) is 38.0 Å². The minimum absolute atomic E-state index is 0.148. The largest absolute Gasteiger partial charge is 0.373 e. The maximum Gasteiger partial charge on any atom is 0.251 e. The summed E-state index contributed by atoms with van der Waals surface area (Å²) in [4.78, 5) is 32.0. The number of carbonyl (C=O) groups is 1. The second-order valence-corrected chi connectivity index (χ2v) is 9.35. The van der Waals surface area contributed by atoms with Gasteiger partial charge >= 0.3 is 0 Å². The third-order valence-electron chi connectivity index (χ3n) is 6.40. The van der Waals surface area contributed by atoms with E-state index in [9.17, 15) is 18.7 Å². The predicted octanol–water partition coefficient (Wildman–Crippen LogP) is 3.58. The Morgan fingerprint density at radius 1 is 1.12 bits per heavy atom. The van der Waals surface area contributed by atoms with E-state index in [1.165, 1.54) is 17.3 Å². The summed E-state index contributed by atoms with van der Waals surface area (Å²) >= 11 is 0. The van der Waals surface area contributed by atoms with Gasteiger partial charge in [-0.1, -0.05) is 12.1 Å². The molecule has 1 aromatic carbocycles. The Balaban J connectivity index is 1.49. The molecule has 176 valence electrons. The van der Waals surface area contributed by atoms with E-state index < -0.39 is 23.6 Å². The summed E-state index contributed by atoms with van der Waals surface area (Å²) < 4.78 is 26.3. The number of rotatable bonds is 5. The maximum atomic E-state index is 13.4. The van der Waals surface area contributed by atoms with E-state index in [4.69, 9.17) is 0 Å². The van der Waals surface area contributed by atoms with Gasteiger partial charge in [0.25, 0.3) is 5.92 Å². The van der Waals surface area contributed by atoms with Crippen LogP contribution in [0.1, 0.15) is 50.0 Å². The molecule has 1 amide bonds. The van der Waals surface area contributed by atoms with Crippen molar-refractivity contribution in [2.75, 3.05) is 4.90 Å². The van der Waals surface area contributed by atoms with Gasteiger partial charge in [-0.15, -0.1) is 0 Å². The molecule has 0 radical (unpaired) electrons. The molecule has 1 saturated carbocycles. The lowest BCUT2D eigenvalue weighted by molar-refractivity contribution is -0.121. The molecule has 2 aromatic heterocycles. The van der Waals surface area contributed by atoms with Gasteiger partial charge in [-0.25, -0.2) is 23.7 Å². The van der Waals surface area contributed by atoms with Crippen molar-refractivity contribution in [3.8, 4) is 11.1 Å². The first-order chi connectivity index (χ1) is 16.0. The van der Waals surface area contributed by atoms with Crippen LogP contribution in [0.5, 0.6) is 0 Å². The fourth-order valence-corrected chi connectivity index (χ4v) is 4.40. The van der Waals surface area contributed by atoms with Crippen LogP contribution in [-0.2, 0) is 10.2 Å². The molecule has 0 saturated heterocycles. The smallest absolute Gasteiger partial charge is 0.251 e. The lowest BCUT2D eigenvalue weighted by Crippen LogP contribution is -2.49. The molecule has 3 aromatic rings. The summed E-state index contributed by atoms with van der Waals surface area (Å²) in [6, 6.07) is 5.21. The van der Waals surface area contributed by atoms with Crippen molar-refractivity contribution in [2.45, 2.75) is 57.2 Å². The summed E-state index contributed by atoms with van der Waals surface area (Å²) in [5.74, 6) is -1.99. The molecule has 1 atom stereocenters. The highest BCUT2D eigenvalue weighted by atomic mass is 19.3. The van der Waals surface area contributed by atoms with Crippen LogP contribution in [0.25, 0.3) is 11.1 Å². The fourth-order valence-electron chi connectivity index (χ4n) is 4.40. The zero-order valence-corrected chi connectivity index (χ0v) is 19.0. The maximum absolute atomic E-state index is 13.4. The van der Waals surface area contributed by atoms with E-state index in [-0.39, 0.29) is 30.3 Å². The van der Waals surface area contributed by atoms with Crippen LogP contribution in [0, 0.1) is 6.92 Å². The Hall–Kier alpha value is -3.37. The molecule has 1 fully saturated rings. The number of nitrogens with one attached hydrogen (secondary N) is 1. The molecule has 10 heteroatoms. The van der Waals surface area contributed by atoms with Crippen LogP contribution in [-0.4, -0.2) is 42.9 Å². The van der Waals surface area contributed by atoms with Crippen molar-refractivity contribution in [1.82, 2.24) is 25.3 Å². The van der Waals surface area contributed by atoms with Crippen molar-refractivity contribution in [3.05, 3.63) is 60.1 Å². The second kappa shape index (κ2) is 7.85. The fraction of sp³-hybridized carbons (Fsp3) is 0.375. The number of hydrogen-bond acceptors (Lipinski definition) is 7. The Kier molecular flexibility index (Phi) is 5.18. The minimum atomic E-state index is -2.71. The van der Waals surface area contributed by atoms with Gasteiger partial charge in [0, 0.05) is 36.8 Å². The minimum Gasteiger partial charge on any atom is -0.373 e. The normalized spacial score (nSPS) is 19.6. The molecule has 5 rings (SSSR count). The Morgan fingerprint density at radius 2 is 1.82 bits per heavy atom. The number of fused-ring (bicyclic) bond motifs is 1. The molecule has 34 heavy (non-hydrogen) atoms. The average Bonchev–Trinajstić information content (AvgIpc) is 2.98. The number of hydrogen-bond donors (Lipinski definition) is 2. The van der Waals surface area contributed by atoms with Crippen molar-refractivity contribution >= 4 is 17.4 Å². The first kappa shape index (κ1) is 22.4. The highest BCUT2D eigenvalue weighted by molar-refractivity contribution is 6.12. The molecule has 3 heterocycles. The molecule has 0 bridgehead atoms. The Bertz CT molecular complexity index is 1260. The summed E-state index contributed by atoms with van der Waals surface area (Å²) in [7, 11) is 0. The highest BCUT2D eigenvalue weighted by Crippen LogP contribution is 2.46. The van der Waals surface area contributed by atoms with Gasteiger partial charge in [0.1, 0.15) is 17.7 Å². The van der Waals surface area contributed by atoms with Crippen LogP contribution in [0.2, 0.25) is 0 Å². The van der Waals surface area contributed by atoms with Gasteiger partial charge < -0.3 is 5.11 Å². The SMILES string of the molecule is Cc1ncc(-c2ccc3c(c2)N(c2cncc(C(O)NC4CC(F)(F)C4)n2)C(=O)C3(C)C)cn1. The van der Waals surface area contributed by atoms with Crippen molar-refractivity contribution in [3.63, 3.8) is 0 Å². The second-order valence-electron chi connectivity index (χ2n) is 9.35. The number of alkyl halides is 2. The van der Waals surface area contributed by atoms with Gasteiger partial charge in [0.05, 0.1) is 23.5 Å². The number of halogens is 2. The lowest BCUT2D eigenvalue weighted by atomic mass is 9.85. The number of aliphatic hydroxyl groups is 1. The summed E-state index contributed by atoms with van der Waals surface area (Å²) in [5, 5.41) is 13.2. The van der Waals surface area contributed by atoms with Gasteiger partial charge in [0.2, 0.25) is 5.91 Å². The average molecular weight is 466 g/mol. The monoisotopic (exact) mass is 466 g/mol. The number of aromatic nitrogens is 4. The third-order valence-corrected chi connectivity index (χ3v) is 6.40. The van der Waals surface area contributed by atoms with E-state index in [0.717, 1.165) is 16.7 Å². The first-order valence-electron chi connectivity index (χ1n) is 11.0. The zero-order chi connectivity index (χ0) is 24.3. The van der Waals surface area contributed by atoms with E-state index in [1.807, 2.05) is 32.0 Å². The molecule has 0 spiro atoms. The van der Waals surface area contributed by atoms with Crippen molar-refractivity contribution in [2.24, 2.45) is 0 Å². The predicted molar refractivity (Wildman–Crippen MR) is 120 cm³/mol. The molecule has 1 aliphatic carbocycles. The summed E-state index contributed by atoms with van der Waals surface area (Å²) in [6.45, 7) is 5.49. The number of anilines is 2. The van der Waals surface area contributed by atoms with E-state index in [0.29, 0.717) is 11.5 Å². The van der Waals surface area contributed by atoms with Gasteiger partial charge in [0.15, 0.2) is 5.82 Å². The zero-order valence-electron chi connectivity index (χ0n) is 19.0. The van der Waals surface area contributed by atoms with Crippen LogP contribution in [0.4, 0.5) is 20.3 Å². The van der Waals surface area contributed by atoms with E-state index >= 15 is 0 Å². The molecule has 8 nitrogen and oxygen atoms in total. The Morgan fingerprint density at radius 3 is 2.50 bits per heavy atom. The number of nitrogens with zero attached hydrogens (tertiary/aromatic N) is 5. The van der Waals surface area contributed by atoms with Crippen LogP contribution in [0.3, 0.4) is 0 Å². The number of benzene rings is 1. The number of aliphatic hydroxyl groups excluding tert-OH is 1. The van der Waals surface area contributed by atoms with E-state index in [1.54, 1.807) is 19.3 Å².